The second-order valence-corrected chi connectivity index (χ2v) is 5.15. The molecule has 0 amide bonds. The third-order valence-electron chi connectivity index (χ3n) is 3.67. The Morgan fingerprint density at radius 2 is 2.29 bits per heavy atom. The lowest BCUT2D eigenvalue weighted by Gasteiger charge is -2.32. The van der Waals surface area contributed by atoms with Gasteiger partial charge in [0, 0.05) is 19.1 Å². The van der Waals surface area contributed by atoms with Crippen molar-refractivity contribution in [1.29, 1.82) is 0 Å². The van der Waals surface area contributed by atoms with Gasteiger partial charge in [-0.2, -0.15) is 0 Å². The maximum absolute atomic E-state index is 4.55. The van der Waals surface area contributed by atoms with E-state index in [4.69, 9.17) is 0 Å². The van der Waals surface area contributed by atoms with Gasteiger partial charge in [-0.3, -0.25) is 4.98 Å². The molecule has 0 bridgehead atoms. The molecule has 17 heavy (non-hydrogen) atoms. The third-order valence-corrected chi connectivity index (χ3v) is 3.67. The van der Waals surface area contributed by atoms with Crippen LogP contribution in [0.3, 0.4) is 0 Å². The highest BCUT2D eigenvalue weighted by Gasteiger charge is 2.16. The molecular formula is C14H23N3. The summed E-state index contributed by atoms with van der Waals surface area (Å²) in [5.41, 5.74) is 2.38. The van der Waals surface area contributed by atoms with Crippen LogP contribution in [0.1, 0.15) is 38.4 Å². The minimum atomic E-state index is 0.323. The van der Waals surface area contributed by atoms with Gasteiger partial charge < -0.3 is 10.2 Å². The zero-order valence-electron chi connectivity index (χ0n) is 11.1. The standard InChI is InChI=1S/C14H23N3/c1-11-5-4-8-17(10-11)13-6-7-14(16-9-13)12(2)15-3/h6-7,9,11-12,15H,4-5,8,10H2,1-3H3. The summed E-state index contributed by atoms with van der Waals surface area (Å²) in [6, 6.07) is 4.66. The fraction of sp³-hybridized carbons (Fsp3) is 0.643. The first-order chi connectivity index (χ1) is 8.20. The van der Waals surface area contributed by atoms with Crippen LogP contribution in [0.2, 0.25) is 0 Å². The summed E-state index contributed by atoms with van der Waals surface area (Å²) in [7, 11) is 1.96. The van der Waals surface area contributed by atoms with Crippen LogP contribution in [0.15, 0.2) is 18.3 Å². The molecule has 0 saturated carbocycles. The van der Waals surface area contributed by atoms with E-state index < -0.39 is 0 Å². The van der Waals surface area contributed by atoms with E-state index in [1.807, 2.05) is 13.2 Å². The molecule has 0 aromatic carbocycles. The highest BCUT2D eigenvalue weighted by Crippen LogP contribution is 2.23. The van der Waals surface area contributed by atoms with Crippen molar-refractivity contribution in [2.24, 2.45) is 5.92 Å². The van der Waals surface area contributed by atoms with E-state index in [0.29, 0.717) is 6.04 Å². The van der Waals surface area contributed by atoms with E-state index in [-0.39, 0.29) is 0 Å². The van der Waals surface area contributed by atoms with Gasteiger partial charge in [-0.25, -0.2) is 0 Å². The van der Waals surface area contributed by atoms with Crippen LogP contribution in [0, 0.1) is 5.92 Å². The van der Waals surface area contributed by atoms with Crippen LogP contribution in [0.4, 0.5) is 5.69 Å². The fourth-order valence-corrected chi connectivity index (χ4v) is 2.41. The number of nitrogens with zero attached hydrogens (tertiary/aromatic N) is 2. The Bertz CT molecular complexity index is 347. The molecule has 1 aliphatic heterocycles. The molecule has 0 aliphatic carbocycles. The molecule has 0 radical (unpaired) electrons. The topological polar surface area (TPSA) is 28.2 Å². The first-order valence-electron chi connectivity index (χ1n) is 6.59. The summed E-state index contributed by atoms with van der Waals surface area (Å²) in [6.07, 6.45) is 4.68. The third kappa shape index (κ3) is 2.97. The summed E-state index contributed by atoms with van der Waals surface area (Å²) in [6.45, 7) is 6.80. The monoisotopic (exact) mass is 233 g/mol. The van der Waals surface area contributed by atoms with Gasteiger partial charge in [0.25, 0.3) is 0 Å². The van der Waals surface area contributed by atoms with E-state index in [9.17, 15) is 0 Å². The van der Waals surface area contributed by atoms with Crippen LogP contribution >= 0.6 is 0 Å². The second-order valence-electron chi connectivity index (χ2n) is 5.15. The van der Waals surface area contributed by atoms with Crippen molar-refractivity contribution in [1.82, 2.24) is 10.3 Å². The zero-order valence-corrected chi connectivity index (χ0v) is 11.1. The largest absolute Gasteiger partial charge is 0.370 e. The molecular weight excluding hydrogens is 210 g/mol. The van der Waals surface area contributed by atoms with Crippen molar-refractivity contribution in [3.63, 3.8) is 0 Å². The summed E-state index contributed by atoms with van der Waals surface area (Å²) in [5.74, 6) is 0.805. The van der Waals surface area contributed by atoms with Gasteiger partial charge in [-0.15, -0.1) is 0 Å². The fourth-order valence-electron chi connectivity index (χ4n) is 2.41. The van der Waals surface area contributed by atoms with E-state index >= 15 is 0 Å². The molecule has 2 rings (SSSR count). The zero-order chi connectivity index (χ0) is 12.3. The minimum absolute atomic E-state index is 0.323. The number of piperidine rings is 1. The number of hydrogen-bond donors (Lipinski definition) is 1. The molecule has 0 spiro atoms. The molecule has 2 heterocycles. The average Bonchev–Trinajstić information content (AvgIpc) is 2.38. The van der Waals surface area contributed by atoms with Gasteiger partial charge in [0.15, 0.2) is 0 Å². The molecule has 1 saturated heterocycles. The van der Waals surface area contributed by atoms with Crippen molar-refractivity contribution < 1.29 is 0 Å². The summed E-state index contributed by atoms with van der Waals surface area (Å²) < 4.78 is 0. The van der Waals surface area contributed by atoms with E-state index in [2.05, 4.69) is 41.2 Å². The predicted octanol–water partition coefficient (Wildman–Crippen LogP) is 2.60. The first kappa shape index (κ1) is 12.4. The summed E-state index contributed by atoms with van der Waals surface area (Å²) >= 11 is 0. The lowest BCUT2D eigenvalue weighted by molar-refractivity contribution is 0.446. The Labute approximate surface area is 104 Å². The van der Waals surface area contributed by atoms with Crippen LogP contribution in [0.5, 0.6) is 0 Å². The molecule has 2 atom stereocenters. The van der Waals surface area contributed by atoms with Gasteiger partial charge in [-0.1, -0.05) is 6.92 Å². The van der Waals surface area contributed by atoms with Gasteiger partial charge in [0.2, 0.25) is 0 Å². The van der Waals surface area contributed by atoms with Gasteiger partial charge in [0.05, 0.1) is 17.6 Å². The van der Waals surface area contributed by atoms with Crippen LogP contribution in [0.25, 0.3) is 0 Å². The Balaban J connectivity index is 2.06. The second kappa shape index (κ2) is 5.50. The van der Waals surface area contributed by atoms with E-state index in [1.54, 1.807) is 0 Å². The van der Waals surface area contributed by atoms with Crippen molar-refractivity contribution in [3.8, 4) is 0 Å². The molecule has 1 aromatic rings. The number of hydrogen-bond acceptors (Lipinski definition) is 3. The van der Waals surface area contributed by atoms with Crippen LogP contribution in [-0.4, -0.2) is 25.1 Å². The number of anilines is 1. The van der Waals surface area contributed by atoms with Crippen molar-refractivity contribution in [2.75, 3.05) is 25.0 Å². The van der Waals surface area contributed by atoms with Crippen molar-refractivity contribution >= 4 is 5.69 Å². The summed E-state index contributed by atoms with van der Waals surface area (Å²) in [4.78, 5) is 7.00. The highest BCUT2D eigenvalue weighted by atomic mass is 15.1. The molecule has 1 aliphatic rings. The maximum Gasteiger partial charge on any atom is 0.0571 e. The Morgan fingerprint density at radius 3 is 2.88 bits per heavy atom. The normalized spacial score (nSPS) is 22.5. The average molecular weight is 233 g/mol. The quantitative estimate of drug-likeness (QED) is 0.870. The molecule has 3 nitrogen and oxygen atoms in total. The minimum Gasteiger partial charge on any atom is -0.370 e. The number of pyridine rings is 1. The molecule has 1 fully saturated rings. The molecule has 1 aromatic heterocycles. The highest BCUT2D eigenvalue weighted by molar-refractivity contribution is 5.45. The van der Waals surface area contributed by atoms with E-state index in [1.165, 1.54) is 31.6 Å². The number of aromatic nitrogens is 1. The van der Waals surface area contributed by atoms with Gasteiger partial charge in [0.1, 0.15) is 0 Å². The van der Waals surface area contributed by atoms with Crippen LogP contribution < -0.4 is 10.2 Å². The lowest BCUT2D eigenvalue weighted by Crippen LogP contribution is -2.34. The summed E-state index contributed by atoms with van der Waals surface area (Å²) in [5, 5.41) is 3.21. The molecule has 1 N–H and O–H groups in total. The van der Waals surface area contributed by atoms with Crippen molar-refractivity contribution in [2.45, 2.75) is 32.7 Å². The van der Waals surface area contributed by atoms with E-state index in [0.717, 1.165) is 11.6 Å². The molecule has 94 valence electrons. The van der Waals surface area contributed by atoms with Gasteiger partial charge >= 0.3 is 0 Å². The van der Waals surface area contributed by atoms with Crippen LogP contribution in [-0.2, 0) is 0 Å². The maximum atomic E-state index is 4.55. The Morgan fingerprint density at radius 1 is 1.47 bits per heavy atom. The SMILES string of the molecule is CNC(C)c1ccc(N2CCCC(C)C2)cn1. The number of nitrogens with one attached hydrogen (secondary N) is 1. The lowest BCUT2D eigenvalue weighted by atomic mass is 10.00. The molecule has 3 heteroatoms. The first-order valence-corrected chi connectivity index (χ1v) is 6.59. The van der Waals surface area contributed by atoms with Gasteiger partial charge in [-0.05, 0) is 44.9 Å². The smallest absolute Gasteiger partial charge is 0.0571 e. The molecule has 2 unspecified atom stereocenters. The predicted molar refractivity (Wildman–Crippen MR) is 72.3 cm³/mol. The number of rotatable bonds is 3. The Hall–Kier alpha value is -1.09. The van der Waals surface area contributed by atoms with Crippen molar-refractivity contribution in [3.05, 3.63) is 24.0 Å². The Kier molecular flexibility index (Phi) is 4.00.